The van der Waals surface area contributed by atoms with Gasteiger partial charge < -0.3 is 10.8 Å². The molecule has 0 heterocycles. The number of aryl methyl sites for hydroxylation is 3. The fourth-order valence-corrected chi connectivity index (χ4v) is 2.69. The Kier molecular flexibility index (Phi) is 5.54. The highest BCUT2D eigenvalue weighted by Gasteiger charge is 2.19. The molecule has 0 bridgehead atoms. The Hall–Kier alpha value is -1.64. The third kappa shape index (κ3) is 4.42. The summed E-state index contributed by atoms with van der Waals surface area (Å²) in [5, 5.41) is 10.5. The zero-order chi connectivity index (χ0) is 15.2. The minimum absolute atomic E-state index is 0.00958. The Balaban J connectivity index is 2.00. The molecular formula is C19H25NO. The summed E-state index contributed by atoms with van der Waals surface area (Å²) < 4.78 is 0. The van der Waals surface area contributed by atoms with Crippen molar-refractivity contribution in [3.05, 3.63) is 70.8 Å². The van der Waals surface area contributed by atoms with Crippen molar-refractivity contribution >= 4 is 0 Å². The number of hydrogen-bond donors (Lipinski definition) is 2. The van der Waals surface area contributed by atoms with E-state index < -0.39 is 6.10 Å². The van der Waals surface area contributed by atoms with Crippen molar-refractivity contribution in [2.75, 3.05) is 6.54 Å². The first kappa shape index (κ1) is 15.7. The maximum Gasteiger partial charge on any atom is 0.0624 e. The molecular weight excluding hydrogens is 258 g/mol. The van der Waals surface area contributed by atoms with E-state index in [9.17, 15) is 5.11 Å². The predicted octanol–water partition coefficient (Wildman–Crippen LogP) is 3.34. The number of benzene rings is 2. The van der Waals surface area contributed by atoms with E-state index in [-0.39, 0.29) is 5.92 Å². The van der Waals surface area contributed by atoms with Crippen LogP contribution in [0.2, 0.25) is 0 Å². The first-order chi connectivity index (χ1) is 10.1. The Labute approximate surface area is 127 Å². The second kappa shape index (κ2) is 7.39. The van der Waals surface area contributed by atoms with Crippen LogP contribution in [0.4, 0.5) is 0 Å². The summed E-state index contributed by atoms with van der Waals surface area (Å²) >= 11 is 0. The zero-order valence-corrected chi connectivity index (χ0v) is 12.9. The van der Waals surface area contributed by atoms with Crippen LogP contribution in [0.25, 0.3) is 0 Å². The standard InChI is InChI=1S/C19H25NO/c1-14-6-8-16(9-7-14)10-11-19(21)18(13-20)17-5-3-4-15(2)12-17/h3-9,12,18-19,21H,10-11,13,20H2,1-2H3. The van der Waals surface area contributed by atoms with E-state index in [1.54, 1.807) is 0 Å². The summed E-state index contributed by atoms with van der Waals surface area (Å²) in [6, 6.07) is 16.8. The number of nitrogens with two attached hydrogens (primary N) is 1. The molecule has 2 nitrogen and oxygen atoms in total. The van der Waals surface area contributed by atoms with E-state index in [1.807, 2.05) is 6.07 Å². The molecule has 0 aromatic heterocycles. The lowest BCUT2D eigenvalue weighted by Gasteiger charge is -2.22. The van der Waals surface area contributed by atoms with Gasteiger partial charge >= 0.3 is 0 Å². The van der Waals surface area contributed by atoms with Gasteiger partial charge in [0.25, 0.3) is 0 Å². The van der Waals surface area contributed by atoms with Crippen molar-refractivity contribution in [1.29, 1.82) is 0 Å². The second-order valence-electron chi connectivity index (χ2n) is 5.85. The van der Waals surface area contributed by atoms with Crippen LogP contribution < -0.4 is 5.73 Å². The van der Waals surface area contributed by atoms with Crippen molar-refractivity contribution in [3.63, 3.8) is 0 Å². The van der Waals surface area contributed by atoms with E-state index in [4.69, 9.17) is 5.73 Å². The summed E-state index contributed by atoms with van der Waals surface area (Å²) in [6.07, 6.45) is 1.21. The van der Waals surface area contributed by atoms with Crippen LogP contribution in [-0.4, -0.2) is 17.8 Å². The molecule has 21 heavy (non-hydrogen) atoms. The number of hydrogen-bond acceptors (Lipinski definition) is 2. The number of rotatable bonds is 6. The average Bonchev–Trinajstić information content (AvgIpc) is 2.47. The van der Waals surface area contributed by atoms with Crippen LogP contribution in [0.3, 0.4) is 0 Å². The monoisotopic (exact) mass is 283 g/mol. The summed E-state index contributed by atoms with van der Waals surface area (Å²) in [4.78, 5) is 0. The Bertz CT molecular complexity index is 562. The molecule has 0 spiro atoms. The molecule has 0 amide bonds. The maximum absolute atomic E-state index is 10.5. The Morgan fingerprint density at radius 2 is 1.71 bits per heavy atom. The van der Waals surface area contributed by atoms with E-state index in [2.05, 4.69) is 56.3 Å². The predicted molar refractivity (Wildman–Crippen MR) is 88.5 cm³/mol. The van der Waals surface area contributed by atoms with Crippen LogP contribution in [-0.2, 0) is 6.42 Å². The van der Waals surface area contributed by atoms with Gasteiger partial charge in [-0.1, -0.05) is 59.7 Å². The van der Waals surface area contributed by atoms with E-state index >= 15 is 0 Å². The highest BCUT2D eigenvalue weighted by Crippen LogP contribution is 2.23. The quantitative estimate of drug-likeness (QED) is 0.854. The Morgan fingerprint density at radius 3 is 2.33 bits per heavy atom. The van der Waals surface area contributed by atoms with Gasteiger partial charge in [-0.25, -0.2) is 0 Å². The molecule has 0 saturated carbocycles. The third-order valence-corrected chi connectivity index (χ3v) is 4.04. The molecule has 0 saturated heterocycles. The van der Waals surface area contributed by atoms with Gasteiger partial charge in [0.2, 0.25) is 0 Å². The normalized spacial score (nSPS) is 13.9. The molecule has 2 aromatic carbocycles. The van der Waals surface area contributed by atoms with Gasteiger partial charge in [0.15, 0.2) is 0 Å². The fraction of sp³-hybridized carbons (Fsp3) is 0.368. The average molecular weight is 283 g/mol. The SMILES string of the molecule is Cc1ccc(CCC(O)C(CN)c2cccc(C)c2)cc1. The van der Waals surface area contributed by atoms with Crippen molar-refractivity contribution < 1.29 is 5.11 Å². The molecule has 2 aromatic rings. The molecule has 112 valence electrons. The van der Waals surface area contributed by atoms with Gasteiger partial charge in [-0.2, -0.15) is 0 Å². The van der Waals surface area contributed by atoms with E-state index in [0.717, 1.165) is 18.4 Å². The van der Waals surface area contributed by atoms with Crippen molar-refractivity contribution in [3.8, 4) is 0 Å². The van der Waals surface area contributed by atoms with Crippen LogP contribution in [0, 0.1) is 13.8 Å². The topological polar surface area (TPSA) is 46.2 Å². The van der Waals surface area contributed by atoms with Gasteiger partial charge in [-0.05, 0) is 37.8 Å². The van der Waals surface area contributed by atoms with E-state index in [0.29, 0.717) is 6.54 Å². The van der Waals surface area contributed by atoms with Crippen molar-refractivity contribution in [2.45, 2.75) is 38.7 Å². The molecule has 2 atom stereocenters. The number of aliphatic hydroxyl groups is 1. The molecule has 0 aliphatic rings. The lowest BCUT2D eigenvalue weighted by molar-refractivity contribution is 0.136. The second-order valence-corrected chi connectivity index (χ2v) is 5.85. The summed E-state index contributed by atoms with van der Waals surface area (Å²) in [5.41, 5.74) is 10.7. The molecule has 0 radical (unpaired) electrons. The first-order valence-corrected chi connectivity index (χ1v) is 7.60. The largest absolute Gasteiger partial charge is 0.392 e. The van der Waals surface area contributed by atoms with Crippen LogP contribution >= 0.6 is 0 Å². The van der Waals surface area contributed by atoms with Crippen LogP contribution in [0.15, 0.2) is 48.5 Å². The molecule has 2 rings (SSSR count). The lowest BCUT2D eigenvalue weighted by Crippen LogP contribution is -2.26. The van der Waals surface area contributed by atoms with Gasteiger partial charge in [-0.15, -0.1) is 0 Å². The van der Waals surface area contributed by atoms with E-state index in [1.165, 1.54) is 16.7 Å². The van der Waals surface area contributed by atoms with Crippen molar-refractivity contribution in [2.24, 2.45) is 5.73 Å². The first-order valence-electron chi connectivity index (χ1n) is 7.60. The highest BCUT2D eigenvalue weighted by atomic mass is 16.3. The number of aliphatic hydroxyl groups excluding tert-OH is 1. The highest BCUT2D eigenvalue weighted by molar-refractivity contribution is 5.27. The third-order valence-electron chi connectivity index (χ3n) is 4.04. The van der Waals surface area contributed by atoms with Crippen molar-refractivity contribution in [1.82, 2.24) is 0 Å². The molecule has 0 aliphatic heterocycles. The summed E-state index contributed by atoms with van der Waals surface area (Å²) in [7, 11) is 0. The smallest absolute Gasteiger partial charge is 0.0624 e. The molecule has 2 unspecified atom stereocenters. The zero-order valence-electron chi connectivity index (χ0n) is 12.9. The lowest BCUT2D eigenvalue weighted by atomic mass is 9.89. The van der Waals surface area contributed by atoms with Gasteiger partial charge in [0, 0.05) is 12.5 Å². The molecule has 2 heteroatoms. The minimum atomic E-state index is -0.405. The molecule has 3 N–H and O–H groups in total. The maximum atomic E-state index is 10.5. The molecule has 0 aliphatic carbocycles. The van der Waals surface area contributed by atoms with Gasteiger partial charge in [0.1, 0.15) is 0 Å². The van der Waals surface area contributed by atoms with Gasteiger partial charge in [0.05, 0.1) is 6.10 Å². The van der Waals surface area contributed by atoms with Crippen LogP contribution in [0.1, 0.15) is 34.6 Å². The Morgan fingerprint density at radius 1 is 1.00 bits per heavy atom. The molecule has 0 fully saturated rings. The summed E-state index contributed by atoms with van der Waals surface area (Å²) in [5.74, 6) is 0.00958. The summed E-state index contributed by atoms with van der Waals surface area (Å²) in [6.45, 7) is 4.62. The minimum Gasteiger partial charge on any atom is -0.392 e. The van der Waals surface area contributed by atoms with Crippen LogP contribution in [0.5, 0.6) is 0 Å². The van der Waals surface area contributed by atoms with Gasteiger partial charge in [-0.3, -0.25) is 0 Å². The fourth-order valence-electron chi connectivity index (χ4n) is 2.69.